The van der Waals surface area contributed by atoms with Crippen LogP contribution >= 0.6 is 0 Å². The molecule has 2 atom stereocenters. The fourth-order valence-electron chi connectivity index (χ4n) is 3.64. The van der Waals surface area contributed by atoms with Gasteiger partial charge in [-0.3, -0.25) is 4.90 Å². The van der Waals surface area contributed by atoms with E-state index < -0.39 is 0 Å². The number of hydrogen-bond acceptors (Lipinski definition) is 2. The molecule has 2 aliphatic heterocycles. The van der Waals surface area contributed by atoms with Gasteiger partial charge in [-0.2, -0.15) is 0 Å². The van der Waals surface area contributed by atoms with Gasteiger partial charge in [0.2, 0.25) is 0 Å². The number of hydrogen-bond donors (Lipinski definition) is 0. The van der Waals surface area contributed by atoms with Crippen LogP contribution in [0.5, 0.6) is 0 Å². The van der Waals surface area contributed by atoms with E-state index in [2.05, 4.69) is 22.8 Å². The molecule has 0 aliphatic carbocycles. The van der Waals surface area contributed by atoms with Crippen molar-refractivity contribution >= 4 is 5.69 Å². The van der Waals surface area contributed by atoms with Gasteiger partial charge in [0, 0.05) is 30.9 Å². The quantitative estimate of drug-likeness (QED) is 0.807. The zero-order valence-electron chi connectivity index (χ0n) is 11.9. The van der Waals surface area contributed by atoms with Crippen molar-refractivity contribution in [2.24, 2.45) is 0 Å². The van der Waals surface area contributed by atoms with Gasteiger partial charge in [0.15, 0.2) is 0 Å². The van der Waals surface area contributed by atoms with Gasteiger partial charge in [-0.05, 0) is 56.5 Å². The van der Waals surface area contributed by atoms with E-state index in [1.165, 1.54) is 19.4 Å². The number of piperazine rings is 1. The molecular formula is C16H23FN2. The molecule has 0 saturated carbocycles. The highest BCUT2D eigenvalue weighted by molar-refractivity contribution is 5.50. The molecule has 19 heavy (non-hydrogen) atoms. The lowest BCUT2D eigenvalue weighted by molar-refractivity contribution is 0.194. The smallest absolute Gasteiger partial charge is 0.125 e. The Kier molecular flexibility index (Phi) is 3.48. The molecule has 1 aromatic rings. The summed E-state index contributed by atoms with van der Waals surface area (Å²) < 4.78 is 13.6. The Hall–Kier alpha value is -1.09. The number of rotatable bonds is 2. The van der Waals surface area contributed by atoms with Crippen LogP contribution in [0.4, 0.5) is 10.1 Å². The van der Waals surface area contributed by atoms with Crippen LogP contribution in [0.3, 0.4) is 0 Å². The van der Waals surface area contributed by atoms with Crippen molar-refractivity contribution in [3.8, 4) is 0 Å². The average Bonchev–Trinajstić information content (AvgIpc) is 2.83. The third kappa shape index (κ3) is 2.48. The molecule has 0 N–H and O–H groups in total. The van der Waals surface area contributed by atoms with E-state index in [-0.39, 0.29) is 5.82 Å². The minimum absolute atomic E-state index is 0.112. The van der Waals surface area contributed by atoms with Gasteiger partial charge < -0.3 is 4.90 Å². The fourth-order valence-corrected chi connectivity index (χ4v) is 3.64. The number of benzene rings is 1. The molecule has 0 amide bonds. The van der Waals surface area contributed by atoms with E-state index in [1.807, 2.05) is 6.92 Å². The lowest BCUT2D eigenvalue weighted by atomic mass is 10.0. The molecule has 0 spiro atoms. The third-order valence-corrected chi connectivity index (χ3v) is 4.62. The Bertz CT molecular complexity index is 440. The van der Waals surface area contributed by atoms with Crippen LogP contribution in [0.15, 0.2) is 18.2 Å². The maximum Gasteiger partial charge on any atom is 0.125 e. The monoisotopic (exact) mass is 262 g/mol. The summed E-state index contributed by atoms with van der Waals surface area (Å²) in [6.45, 7) is 7.65. The number of aryl methyl sites for hydroxylation is 1. The van der Waals surface area contributed by atoms with Gasteiger partial charge in [0.25, 0.3) is 0 Å². The predicted octanol–water partition coefficient (Wildman–Crippen LogP) is 3.20. The largest absolute Gasteiger partial charge is 0.366 e. The molecular weight excluding hydrogens is 239 g/mol. The van der Waals surface area contributed by atoms with Gasteiger partial charge in [-0.15, -0.1) is 0 Å². The first-order valence-corrected chi connectivity index (χ1v) is 7.45. The highest BCUT2D eigenvalue weighted by Gasteiger charge is 2.35. The second kappa shape index (κ2) is 5.12. The second-order valence-corrected chi connectivity index (χ2v) is 5.99. The standard InChI is InChI=1S/C16H23FN2/c1-3-14-10-18-6-4-5-15(18)11-19(14)16-8-12(2)7-13(17)9-16/h7-9,14-15H,3-6,10-11H2,1-2H3. The van der Waals surface area contributed by atoms with Gasteiger partial charge in [-0.1, -0.05) is 6.92 Å². The third-order valence-electron chi connectivity index (χ3n) is 4.62. The summed E-state index contributed by atoms with van der Waals surface area (Å²) >= 11 is 0. The summed E-state index contributed by atoms with van der Waals surface area (Å²) in [6, 6.07) is 6.62. The Morgan fingerprint density at radius 3 is 2.84 bits per heavy atom. The molecule has 1 aromatic carbocycles. The average molecular weight is 262 g/mol. The van der Waals surface area contributed by atoms with Crippen molar-refractivity contribution in [2.45, 2.75) is 45.2 Å². The van der Waals surface area contributed by atoms with E-state index in [0.717, 1.165) is 30.8 Å². The van der Waals surface area contributed by atoms with E-state index in [0.29, 0.717) is 12.1 Å². The van der Waals surface area contributed by atoms with Crippen LogP contribution in [-0.4, -0.2) is 36.6 Å². The molecule has 104 valence electrons. The Morgan fingerprint density at radius 1 is 1.26 bits per heavy atom. The molecule has 2 saturated heterocycles. The van der Waals surface area contributed by atoms with Crippen LogP contribution in [0.2, 0.25) is 0 Å². The van der Waals surface area contributed by atoms with E-state index in [9.17, 15) is 4.39 Å². The van der Waals surface area contributed by atoms with Crippen LogP contribution in [-0.2, 0) is 0 Å². The predicted molar refractivity (Wildman–Crippen MR) is 77.2 cm³/mol. The van der Waals surface area contributed by atoms with Crippen LogP contribution in [0.1, 0.15) is 31.7 Å². The summed E-state index contributed by atoms with van der Waals surface area (Å²) in [5.74, 6) is -0.112. The highest BCUT2D eigenvalue weighted by Crippen LogP contribution is 2.30. The molecule has 2 nitrogen and oxygen atoms in total. The molecule has 0 radical (unpaired) electrons. The zero-order valence-corrected chi connectivity index (χ0v) is 11.9. The van der Waals surface area contributed by atoms with E-state index in [1.54, 1.807) is 12.1 Å². The molecule has 0 aromatic heterocycles. The molecule has 3 heteroatoms. The van der Waals surface area contributed by atoms with E-state index >= 15 is 0 Å². The number of halogens is 1. The van der Waals surface area contributed by atoms with Gasteiger partial charge in [-0.25, -0.2) is 4.39 Å². The van der Waals surface area contributed by atoms with Gasteiger partial charge >= 0.3 is 0 Å². The summed E-state index contributed by atoms with van der Waals surface area (Å²) in [4.78, 5) is 5.05. The molecule has 2 unspecified atom stereocenters. The van der Waals surface area contributed by atoms with E-state index in [4.69, 9.17) is 0 Å². The minimum atomic E-state index is -0.112. The fraction of sp³-hybridized carbons (Fsp3) is 0.625. The molecule has 2 aliphatic rings. The lowest BCUT2D eigenvalue weighted by Gasteiger charge is -2.45. The summed E-state index contributed by atoms with van der Waals surface area (Å²) in [6.07, 6.45) is 3.73. The van der Waals surface area contributed by atoms with Gasteiger partial charge in [0.05, 0.1) is 0 Å². The molecule has 3 rings (SSSR count). The van der Waals surface area contributed by atoms with Crippen LogP contribution in [0, 0.1) is 12.7 Å². The zero-order chi connectivity index (χ0) is 13.4. The normalized spacial score (nSPS) is 27.6. The Labute approximate surface area is 115 Å². The van der Waals surface area contributed by atoms with Crippen molar-refractivity contribution in [1.29, 1.82) is 0 Å². The van der Waals surface area contributed by atoms with Crippen LogP contribution < -0.4 is 4.90 Å². The van der Waals surface area contributed by atoms with Crippen molar-refractivity contribution in [2.75, 3.05) is 24.5 Å². The molecule has 2 heterocycles. The maximum atomic E-state index is 13.6. The first-order chi connectivity index (χ1) is 9.17. The maximum absolute atomic E-state index is 13.6. The summed E-state index contributed by atoms with van der Waals surface area (Å²) in [7, 11) is 0. The van der Waals surface area contributed by atoms with Crippen molar-refractivity contribution in [3.05, 3.63) is 29.6 Å². The van der Waals surface area contributed by atoms with Crippen molar-refractivity contribution in [1.82, 2.24) is 4.90 Å². The number of fused-ring (bicyclic) bond motifs is 1. The first-order valence-electron chi connectivity index (χ1n) is 7.45. The SMILES string of the molecule is CCC1CN2CCCC2CN1c1cc(C)cc(F)c1. The number of nitrogens with zero attached hydrogens (tertiary/aromatic N) is 2. The molecule has 2 fully saturated rings. The summed E-state index contributed by atoms with van der Waals surface area (Å²) in [5.41, 5.74) is 2.08. The van der Waals surface area contributed by atoms with Crippen molar-refractivity contribution in [3.63, 3.8) is 0 Å². The summed E-state index contributed by atoms with van der Waals surface area (Å²) in [5, 5.41) is 0. The first kappa shape index (κ1) is 12.9. The topological polar surface area (TPSA) is 6.48 Å². The van der Waals surface area contributed by atoms with Gasteiger partial charge in [0.1, 0.15) is 5.82 Å². The molecule has 0 bridgehead atoms. The second-order valence-electron chi connectivity index (χ2n) is 5.99. The minimum Gasteiger partial charge on any atom is -0.366 e. The number of anilines is 1. The highest BCUT2D eigenvalue weighted by atomic mass is 19.1. The van der Waals surface area contributed by atoms with Crippen molar-refractivity contribution < 1.29 is 4.39 Å². The Morgan fingerprint density at radius 2 is 2.11 bits per heavy atom. The van der Waals surface area contributed by atoms with Crippen LogP contribution in [0.25, 0.3) is 0 Å². The lowest BCUT2D eigenvalue weighted by Crippen LogP contribution is -2.56. The Balaban J connectivity index is 1.88.